The molecule has 0 spiro atoms. The van der Waals surface area contributed by atoms with Crippen LogP contribution in [0.25, 0.3) is 0 Å². The van der Waals surface area contributed by atoms with Gasteiger partial charge in [0.25, 0.3) is 5.56 Å². The summed E-state index contributed by atoms with van der Waals surface area (Å²) in [5.74, 6) is 0.717. The van der Waals surface area contributed by atoms with Crippen LogP contribution in [0.5, 0.6) is 11.5 Å². The van der Waals surface area contributed by atoms with Gasteiger partial charge < -0.3 is 19.8 Å². The number of hydrogen-bond donors (Lipinski definition) is 2. The van der Waals surface area contributed by atoms with Gasteiger partial charge in [0.05, 0.1) is 19.8 Å². The number of aromatic amines is 1. The molecule has 2 N–H and O–H groups in total. The predicted octanol–water partition coefficient (Wildman–Crippen LogP) is 1.98. The van der Waals surface area contributed by atoms with Crippen molar-refractivity contribution < 1.29 is 14.3 Å². The lowest BCUT2D eigenvalue weighted by atomic mass is 9.86. The Bertz CT molecular complexity index is 850. The molecule has 1 aliphatic heterocycles. The van der Waals surface area contributed by atoms with E-state index in [1.807, 2.05) is 6.07 Å². The van der Waals surface area contributed by atoms with Crippen LogP contribution >= 0.6 is 11.8 Å². The Kier molecular flexibility index (Phi) is 4.48. The molecule has 0 saturated heterocycles. The van der Waals surface area contributed by atoms with Gasteiger partial charge in [-0.1, -0.05) is 23.9 Å². The highest BCUT2D eigenvalue weighted by Crippen LogP contribution is 2.42. The van der Waals surface area contributed by atoms with E-state index in [9.17, 15) is 9.59 Å². The minimum atomic E-state index is -0.453. The number of thioether (sulfide) groups is 1. The molecule has 2 heterocycles. The van der Waals surface area contributed by atoms with E-state index in [0.717, 1.165) is 5.56 Å². The fraction of sp³-hybridized carbons (Fsp3) is 0.312. The van der Waals surface area contributed by atoms with Crippen LogP contribution in [-0.2, 0) is 4.79 Å². The number of carbonyl (C=O) groups excluding carboxylic acids is 1. The van der Waals surface area contributed by atoms with E-state index in [2.05, 4.69) is 15.3 Å². The van der Waals surface area contributed by atoms with Crippen molar-refractivity contribution in [3.63, 3.8) is 0 Å². The quantitative estimate of drug-likeness (QED) is 0.649. The van der Waals surface area contributed by atoms with Crippen molar-refractivity contribution in [2.75, 3.05) is 25.8 Å². The number of benzene rings is 1. The molecular formula is C16H17N3O4S. The number of amides is 1. The van der Waals surface area contributed by atoms with Gasteiger partial charge in [-0.15, -0.1) is 0 Å². The lowest BCUT2D eigenvalue weighted by Gasteiger charge is -2.26. The highest BCUT2D eigenvalue weighted by molar-refractivity contribution is 7.98. The number of nitrogens with zero attached hydrogens (tertiary/aromatic N) is 1. The number of para-hydroxylation sites is 1. The van der Waals surface area contributed by atoms with Crippen LogP contribution < -0.4 is 20.3 Å². The van der Waals surface area contributed by atoms with E-state index in [1.54, 1.807) is 25.5 Å². The molecule has 24 heavy (non-hydrogen) atoms. The molecule has 0 radical (unpaired) electrons. The van der Waals surface area contributed by atoms with Gasteiger partial charge in [0.15, 0.2) is 16.7 Å². The third-order valence-corrected chi connectivity index (χ3v) is 4.51. The van der Waals surface area contributed by atoms with E-state index < -0.39 is 5.92 Å². The highest BCUT2D eigenvalue weighted by Gasteiger charge is 2.33. The molecule has 1 amide bonds. The van der Waals surface area contributed by atoms with Crippen LogP contribution in [0.1, 0.15) is 23.5 Å². The number of fused-ring (bicyclic) bond motifs is 1. The summed E-state index contributed by atoms with van der Waals surface area (Å²) in [5, 5.41) is 3.14. The highest BCUT2D eigenvalue weighted by atomic mass is 32.2. The van der Waals surface area contributed by atoms with Crippen molar-refractivity contribution in [3.8, 4) is 11.5 Å². The van der Waals surface area contributed by atoms with Crippen LogP contribution in [0.3, 0.4) is 0 Å². The van der Waals surface area contributed by atoms with E-state index in [0.29, 0.717) is 28.0 Å². The second kappa shape index (κ2) is 6.56. The third kappa shape index (κ3) is 2.73. The normalized spacial score (nSPS) is 16.3. The summed E-state index contributed by atoms with van der Waals surface area (Å²) in [6.07, 6.45) is 1.94. The fourth-order valence-corrected chi connectivity index (χ4v) is 3.28. The minimum absolute atomic E-state index is 0.139. The standard InChI is InChI=1S/C16H17N3O4S/c1-22-10-6-4-5-8(13(10)23-2)9-7-11(20)17-14-12(9)15(21)19-16(18-14)24-3/h4-6,9H,7H2,1-3H3,(H2,17,18,19,20,21). The molecule has 1 aromatic carbocycles. The number of nitrogens with one attached hydrogen (secondary N) is 2. The molecule has 0 saturated carbocycles. The Morgan fingerprint density at radius 1 is 1.25 bits per heavy atom. The molecule has 0 bridgehead atoms. The SMILES string of the molecule is COc1cccc(C2CC(=O)Nc3nc(SC)[nH]c(=O)c32)c1OC. The summed E-state index contributed by atoms with van der Waals surface area (Å²) in [7, 11) is 3.08. The monoisotopic (exact) mass is 347 g/mol. The van der Waals surface area contributed by atoms with Gasteiger partial charge in [0.2, 0.25) is 5.91 Å². The topological polar surface area (TPSA) is 93.3 Å². The molecule has 8 heteroatoms. The Morgan fingerprint density at radius 3 is 2.71 bits per heavy atom. The smallest absolute Gasteiger partial charge is 0.257 e. The van der Waals surface area contributed by atoms with E-state index in [4.69, 9.17) is 9.47 Å². The zero-order chi connectivity index (χ0) is 17.3. The average molecular weight is 347 g/mol. The van der Waals surface area contributed by atoms with E-state index in [1.165, 1.54) is 18.9 Å². The molecule has 1 aliphatic rings. The van der Waals surface area contributed by atoms with Crippen LogP contribution in [0.2, 0.25) is 0 Å². The number of ether oxygens (including phenoxy) is 2. The number of anilines is 1. The maximum atomic E-state index is 12.6. The third-order valence-electron chi connectivity index (χ3n) is 3.93. The lowest BCUT2D eigenvalue weighted by molar-refractivity contribution is -0.116. The molecule has 0 aliphatic carbocycles. The Balaban J connectivity index is 2.22. The first-order valence-electron chi connectivity index (χ1n) is 7.28. The van der Waals surface area contributed by atoms with Gasteiger partial charge in [-0.25, -0.2) is 4.98 Å². The maximum absolute atomic E-state index is 12.6. The van der Waals surface area contributed by atoms with Crippen LogP contribution in [-0.4, -0.2) is 36.4 Å². The summed E-state index contributed by atoms with van der Waals surface area (Å²) < 4.78 is 10.8. The Labute approximate surface area is 142 Å². The summed E-state index contributed by atoms with van der Waals surface area (Å²) in [6, 6.07) is 5.41. The van der Waals surface area contributed by atoms with Crippen molar-refractivity contribution in [2.45, 2.75) is 17.5 Å². The number of H-pyrrole nitrogens is 1. The first-order chi connectivity index (χ1) is 11.6. The number of aromatic nitrogens is 2. The molecule has 1 atom stereocenters. The zero-order valence-corrected chi connectivity index (χ0v) is 14.3. The van der Waals surface area contributed by atoms with Crippen molar-refractivity contribution >= 4 is 23.5 Å². The average Bonchev–Trinajstić information content (AvgIpc) is 2.59. The van der Waals surface area contributed by atoms with Crippen molar-refractivity contribution in [2.24, 2.45) is 0 Å². The molecule has 7 nitrogen and oxygen atoms in total. The Hall–Kier alpha value is -2.48. The first-order valence-corrected chi connectivity index (χ1v) is 8.50. The van der Waals surface area contributed by atoms with Gasteiger partial charge >= 0.3 is 0 Å². The zero-order valence-electron chi connectivity index (χ0n) is 13.5. The number of hydrogen-bond acceptors (Lipinski definition) is 6. The Morgan fingerprint density at radius 2 is 2.04 bits per heavy atom. The van der Waals surface area contributed by atoms with Gasteiger partial charge in [0.1, 0.15) is 5.82 Å². The number of carbonyl (C=O) groups is 1. The predicted molar refractivity (Wildman–Crippen MR) is 91.3 cm³/mol. The van der Waals surface area contributed by atoms with Gasteiger partial charge in [-0.05, 0) is 12.3 Å². The van der Waals surface area contributed by atoms with Crippen molar-refractivity contribution in [1.29, 1.82) is 0 Å². The minimum Gasteiger partial charge on any atom is -0.493 e. The molecule has 126 valence electrons. The first kappa shape index (κ1) is 16.4. The van der Waals surface area contributed by atoms with E-state index in [-0.39, 0.29) is 17.9 Å². The molecule has 3 rings (SSSR count). The molecule has 1 aromatic heterocycles. The summed E-state index contributed by atoms with van der Waals surface area (Å²) in [6.45, 7) is 0. The summed E-state index contributed by atoms with van der Waals surface area (Å²) >= 11 is 1.31. The lowest BCUT2D eigenvalue weighted by Crippen LogP contribution is -2.31. The van der Waals surface area contributed by atoms with Crippen molar-refractivity contribution in [3.05, 3.63) is 39.7 Å². The van der Waals surface area contributed by atoms with Gasteiger partial charge in [0, 0.05) is 17.9 Å². The second-order valence-electron chi connectivity index (χ2n) is 5.23. The molecule has 0 fully saturated rings. The van der Waals surface area contributed by atoms with Crippen LogP contribution in [0, 0.1) is 0 Å². The largest absolute Gasteiger partial charge is 0.493 e. The van der Waals surface area contributed by atoms with Crippen molar-refractivity contribution in [1.82, 2.24) is 9.97 Å². The number of methoxy groups -OCH3 is 2. The van der Waals surface area contributed by atoms with Crippen LogP contribution in [0.15, 0.2) is 28.2 Å². The summed E-state index contributed by atoms with van der Waals surface area (Å²) in [4.78, 5) is 31.7. The van der Waals surface area contributed by atoms with Crippen LogP contribution in [0.4, 0.5) is 5.82 Å². The fourth-order valence-electron chi connectivity index (χ4n) is 2.90. The molecule has 1 unspecified atom stereocenters. The number of rotatable bonds is 4. The molecule has 2 aromatic rings. The van der Waals surface area contributed by atoms with Gasteiger partial charge in [-0.3, -0.25) is 9.59 Å². The molecular weight excluding hydrogens is 330 g/mol. The van der Waals surface area contributed by atoms with E-state index >= 15 is 0 Å². The second-order valence-corrected chi connectivity index (χ2v) is 6.02. The summed E-state index contributed by atoms with van der Waals surface area (Å²) in [5.41, 5.74) is 0.885. The van der Waals surface area contributed by atoms with Gasteiger partial charge in [-0.2, -0.15) is 0 Å². The maximum Gasteiger partial charge on any atom is 0.257 e.